The van der Waals surface area contributed by atoms with E-state index in [1.165, 1.54) is 12.5 Å². The summed E-state index contributed by atoms with van der Waals surface area (Å²) >= 11 is 0. The number of hydrogen-bond acceptors (Lipinski definition) is 5. The largest absolute Gasteiger partial charge is 0.448 e. The number of nitrogens with zero attached hydrogens (tertiary/aromatic N) is 2. The SMILES string of the molecule is CCOC(=O)N(N)c1ncco1. The summed E-state index contributed by atoms with van der Waals surface area (Å²) in [5.74, 6) is 5.27. The number of anilines is 1. The molecule has 12 heavy (non-hydrogen) atoms. The van der Waals surface area contributed by atoms with E-state index in [9.17, 15) is 4.79 Å². The Morgan fingerprint density at radius 1 is 1.92 bits per heavy atom. The Morgan fingerprint density at radius 2 is 2.67 bits per heavy atom. The number of carbonyl (C=O) groups excluding carboxylic acids is 1. The van der Waals surface area contributed by atoms with E-state index in [0.717, 1.165) is 0 Å². The average molecular weight is 171 g/mol. The van der Waals surface area contributed by atoms with Gasteiger partial charge in [0.15, 0.2) is 0 Å². The van der Waals surface area contributed by atoms with Crippen LogP contribution in [-0.4, -0.2) is 17.7 Å². The molecule has 1 heterocycles. The van der Waals surface area contributed by atoms with Gasteiger partial charge in [-0.25, -0.2) is 15.6 Å². The van der Waals surface area contributed by atoms with Crippen molar-refractivity contribution < 1.29 is 13.9 Å². The van der Waals surface area contributed by atoms with Crippen molar-refractivity contribution in [2.45, 2.75) is 6.92 Å². The van der Waals surface area contributed by atoms with E-state index in [-0.39, 0.29) is 12.6 Å². The summed E-state index contributed by atoms with van der Waals surface area (Å²) in [6, 6.07) is 0.00782. The van der Waals surface area contributed by atoms with Crippen LogP contribution < -0.4 is 10.9 Å². The fourth-order valence-electron chi connectivity index (χ4n) is 0.606. The first kappa shape index (κ1) is 8.54. The van der Waals surface area contributed by atoms with Crippen LogP contribution in [0.1, 0.15) is 6.92 Å². The normalized spacial score (nSPS) is 9.50. The van der Waals surface area contributed by atoms with Crippen molar-refractivity contribution in [3.05, 3.63) is 12.5 Å². The minimum Gasteiger partial charge on any atom is -0.448 e. The van der Waals surface area contributed by atoms with Crippen LogP contribution in [-0.2, 0) is 4.74 Å². The molecule has 0 unspecified atom stereocenters. The maximum Gasteiger partial charge on any atom is 0.432 e. The number of hydrogen-bond donors (Lipinski definition) is 1. The van der Waals surface area contributed by atoms with E-state index >= 15 is 0 Å². The van der Waals surface area contributed by atoms with Crippen LogP contribution >= 0.6 is 0 Å². The lowest BCUT2D eigenvalue weighted by atomic mass is 10.8. The summed E-state index contributed by atoms with van der Waals surface area (Å²) in [6.07, 6.45) is 2.00. The number of amides is 1. The van der Waals surface area contributed by atoms with Gasteiger partial charge in [-0.1, -0.05) is 0 Å². The summed E-state index contributed by atoms with van der Waals surface area (Å²) in [5, 5.41) is 0.698. The highest BCUT2D eigenvalue weighted by Gasteiger charge is 2.15. The fourth-order valence-corrected chi connectivity index (χ4v) is 0.606. The molecule has 0 aliphatic rings. The lowest BCUT2D eigenvalue weighted by molar-refractivity contribution is 0.158. The van der Waals surface area contributed by atoms with Crippen LogP contribution in [0.15, 0.2) is 16.9 Å². The van der Waals surface area contributed by atoms with Gasteiger partial charge in [0.05, 0.1) is 12.8 Å². The monoisotopic (exact) mass is 171 g/mol. The van der Waals surface area contributed by atoms with E-state index in [0.29, 0.717) is 5.01 Å². The number of ether oxygens (including phenoxy) is 1. The fraction of sp³-hybridized carbons (Fsp3) is 0.333. The summed E-state index contributed by atoms with van der Waals surface area (Å²) in [7, 11) is 0. The van der Waals surface area contributed by atoms with Crippen LogP contribution in [0, 0.1) is 0 Å². The number of oxazole rings is 1. The first-order valence-electron chi connectivity index (χ1n) is 3.36. The maximum absolute atomic E-state index is 10.9. The second kappa shape index (κ2) is 3.72. The molecule has 0 aliphatic carbocycles. The smallest absolute Gasteiger partial charge is 0.432 e. The van der Waals surface area contributed by atoms with Crippen molar-refractivity contribution in [3.8, 4) is 0 Å². The molecular weight excluding hydrogens is 162 g/mol. The Hall–Kier alpha value is -1.56. The molecule has 0 aliphatic heterocycles. The van der Waals surface area contributed by atoms with Gasteiger partial charge in [-0.15, -0.1) is 0 Å². The highest BCUT2D eigenvalue weighted by molar-refractivity contribution is 5.83. The zero-order valence-electron chi connectivity index (χ0n) is 6.56. The molecule has 0 spiro atoms. The lowest BCUT2D eigenvalue weighted by Gasteiger charge is -2.10. The van der Waals surface area contributed by atoms with Crippen molar-refractivity contribution in [1.82, 2.24) is 4.98 Å². The molecule has 0 bridgehead atoms. The quantitative estimate of drug-likeness (QED) is 0.398. The highest BCUT2D eigenvalue weighted by Crippen LogP contribution is 2.06. The zero-order valence-corrected chi connectivity index (χ0v) is 6.56. The van der Waals surface area contributed by atoms with E-state index < -0.39 is 6.09 Å². The molecule has 0 saturated heterocycles. The second-order valence-corrected chi connectivity index (χ2v) is 1.88. The highest BCUT2D eigenvalue weighted by atomic mass is 16.6. The molecule has 0 atom stereocenters. The van der Waals surface area contributed by atoms with Gasteiger partial charge in [-0.3, -0.25) is 0 Å². The van der Waals surface area contributed by atoms with Gasteiger partial charge in [0.25, 0.3) is 0 Å². The average Bonchev–Trinajstić information content (AvgIpc) is 2.55. The van der Waals surface area contributed by atoms with Gasteiger partial charge in [-0.2, -0.15) is 5.01 Å². The predicted octanol–water partition coefficient (Wildman–Crippen LogP) is 0.511. The first-order valence-corrected chi connectivity index (χ1v) is 3.36. The molecule has 0 aromatic carbocycles. The van der Waals surface area contributed by atoms with Crippen molar-refractivity contribution in [3.63, 3.8) is 0 Å². The zero-order chi connectivity index (χ0) is 8.97. The van der Waals surface area contributed by atoms with E-state index in [4.69, 9.17) is 10.3 Å². The molecule has 2 N–H and O–H groups in total. The molecule has 66 valence electrons. The lowest BCUT2D eigenvalue weighted by Crippen LogP contribution is -2.38. The third-order valence-electron chi connectivity index (χ3n) is 1.09. The number of hydrazine groups is 1. The first-order chi connectivity index (χ1) is 5.75. The van der Waals surface area contributed by atoms with Crippen LogP contribution in [0.4, 0.5) is 10.8 Å². The van der Waals surface area contributed by atoms with Gasteiger partial charge in [0.1, 0.15) is 6.26 Å². The minimum atomic E-state index is -0.694. The molecule has 0 saturated carbocycles. The Balaban J connectivity index is 2.59. The third kappa shape index (κ3) is 1.73. The number of carbonyl (C=O) groups is 1. The summed E-state index contributed by atoms with van der Waals surface area (Å²) in [6.45, 7) is 1.94. The van der Waals surface area contributed by atoms with E-state index in [1.807, 2.05) is 0 Å². The number of nitrogens with two attached hydrogens (primary N) is 1. The van der Waals surface area contributed by atoms with Gasteiger partial charge >= 0.3 is 12.1 Å². The molecule has 1 amide bonds. The van der Waals surface area contributed by atoms with Crippen LogP contribution in [0.25, 0.3) is 0 Å². The molecule has 6 nitrogen and oxygen atoms in total. The van der Waals surface area contributed by atoms with E-state index in [1.54, 1.807) is 6.92 Å². The maximum atomic E-state index is 10.9. The van der Waals surface area contributed by atoms with Crippen molar-refractivity contribution in [2.24, 2.45) is 5.84 Å². The number of aromatic nitrogens is 1. The van der Waals surface area contributed by atoms with Crippen LogP contribution in [0.2, 0.25) is 0 Å². The van der Waals surface area contributed by atoms with Gasteiger partial charge < -0.3 is 9.15 Å². The Kier molecular flexibility index (Phi) is 2.65. The summed E-state index contributed by atoms with van der Waals surface area (Å²) < 4.78 is 9.34. The Labute approximate surface area is 68.9 Å². The van der Waals surface area contributed by atoms with Crippen LogP contribution in [0.5, 0.6) is 0 Å². The topological polar surface area (TPSA) is 81.6 Å². The van der Waals surface area contributed by atoms with Gasteiger partial charge in [0, 0.05) is 0 Å². The third-order valence-corrected chi connectivity index (χ3v) is 1.09. The molecule has 6 heteroatoms. The molecule has 1 rings (SSSR count). The van der Waals surface area contributed by atoms with Crippen LogP contribution in [0.3, 0.4) is 0 Å². The van der Waals surface area contributed by atoms with Crippen molar-refractivity contribution >= 4 is 12.1 Å². The molecular formula is C6H9N3O3. The second-order valence-electron chi connectivity index (χ2n) is 1.88. The molecule has 0 radical (unpaired) electrons. The molecule has 0 fully saturated rings. The minimum absolute atomic E-state index is 0.00782. The molecule has 1 aromatic rings. The predicted molar refractivity (Wildman–Crippen MR) is 40.2 cm³/mol. The summed E-state index contributed by atoms with van der Waals surface area (Å²) in [4.78, 5) is 14.6. The van der Waals surface area contributed by atoms with Gasteiger partial charge in [0.2, 0.25) is 0 Å². The molecule has 1 aromatic heterocycles. The van der Waals surface area contributed by atoms with E-state index in [2.05, 4.69) is 9.72 Å². The Morgan fingerprint density at radius 3 is 3.17 bits per heavy atom. The van der Waals surface area contributed by atoms with Gasteiger partial charge in [-0.05, 0) is 6.92 Å². The van der Waals surface area contributed by atoms with Crippen molar-refractivity contribution in [2.75, 3.05) is 11.6 Å². The number of rotatable bonds is 2. The summed E-state index contributed by atoms with van der Waals surface area (Å²) in [5.41, 5.74) is 0. The Bertz CT molecular complexity index is 247. The standard InChI is InChI=1S/C6H9N3O3/c1-2-11-6(10)9(7)5-8-3-4-12-5/h3-4H,2,7H2,1H3. The van der Waals surface area contributed by atoms with Crippen molar-refractivity contribution in [1.29, 1.82) is 0 Å².